The third-order valence-electron chi connectivity index (χ3n) is 14.0. The molecule has 7 aromatic carbocycles. The van der Waals surface area contributed by atoms with Crippen molar-refractivity contribution < 1.29 is 13.7 Å². The van der Waals surface area contributed by atoms with E-state index in [0.29, 0.717) is 0 Å². The van der Waals surface area contributed by atoms with Crippen molar-refractivity contribution >= 4 is 43.1 Å². The summed E-state index contributed by atoms with van der Waals surface area (Å²) >= 11 is 0. The van der Waals surface area contributed by atoms with Crippen LogP contribution < -0.4 is 13.7 Å². The van der Waals surface area contributed by atoms with Crippen LogP contribution in [0.15, 0.2) is 170 Å². The van der Waals surface area contributed by atoms with Crippen LogP contribution in [0.5, 0.6) is 0 Å². The fraction of sp³-hybridized carbons (Fsp3) is 0.109. The van der Waals surface area contributed by atoms with Gasteiger partial charge in [-0.3, -0.25) is 0 Å². The van der Waals surface area contributed by atoms with Crippen LogP contribution in [0.1, 0.15) is 34.7 Å². The van der Waals surface area contributed by atoms with Crippen molar-refractivity contribution in [1.82, 2.24) is 0 Å². The zero-order chi connectivity index (χ0) is 38.7. The summed E-state index contributed by atoms with van der Waals surface area (Å²) in [6, 6.07) is 59.8. The molecule has 3 aliphatic heterocycles. The summed E-state index contributed by atoms with van der Waals surface area (Å²) in [4.78, 5) is 0. The topological polar surface area (TPSA) is 11.6 Å². The van der Waals surface area contributed by atoms with E-state index in [9.17, 15) is 0 Å². The lowest BCUT2D eigenvalue weighted by Gasteiger charge is -2.31. The van der Waals surface area contributed by atoms with E-state index in [1.165, 1.54) is 116 Å². The molecule has 13 rings (SSSR count). The van der Waals surface area contributed by atoms with Crippen LogP contribution in [0.2, 0.25) is 0 Å². The summed E-state index contributed by atoms with van der Waals surface area (Å²) in [5.41, 5.74) is 15.3. The molecule has 1 atom stereocenters. The predicted octanol–water partition coefficient (Wildman–Crippen LogP) is 11.4. The Kier molecular flexibility index (Phi) is 6.04. The number of hydrogen-bond acceptors (Lipinski definition) is 0. The fourth-order valence-electron chi connectivity index (χ4n) is 11.8. The molecule has 3 aromatic heterocycles. The highest BCUT2D eigenvalue weighted by molar-refractivity contribution is 6.03. The van der Waals surface area contributed by atoms with E-state index in [1.807, 2.05) is 0 Å². The smallest absolute Gasteiger partial charge is 0.167 e. The van der Waals surface area contributed by atoms with E-state index in [-0.39, 0.29) is 0 Å². The fourth-order valence-corrected chi connectivity index (χ4v) is 11.8. The Morgan fingerprint density at radius 3 is 1.45 bits per heavy atom. The van der Waals surface area contributed by atoms with Gasteiger partial charge < -0.3 is 0 Å². The number of fused-ring (bicyclic) bond motifs is 16. The van der Waals surface area contributed by atoms with Crippen molar-refractivity contribution in [3.8, 4) is 45.0 Å². The summed E-state index contributed by atoms with van der Waals surface area (Å²) in [6.45, 7) is 9.39. The minimum absolute atomic E-state index is 0.691. The van der Waals surface area contributed by atoms with Crippen LogP contribution in [0.4, 0.5) is 0 Å². The maximum atomic E-state index is 2.77. The summed E-state index contributed by atoms with van der Waals surface area (Å²) in [5.74, 6) is 0. The molecule has 272 valence electrons. The molecule has 58 heavy (non-hydrogen) atoms. The largest absolute Gasteiger partial charge is 0.459 e. The lowest BCUT2D eigenvalue weighted by atomic mass is 9.74. The molecule has 0 amide bonds. The van der Waals surface area contributed by atoms with Crippen molar-refractivity contribution in [2.24, 2.45) is 0 Å². The van der Waals surface area contributed by atoms with Crippen molar-refractivity contribution in [2.45, 2.75) is 38.9 Å². The predicted molar refractivity (Wildman–Crippen MR) is 235 cm³/mol. The van der Waals surface area contributed by atoms with Gasteiger partial charge in [0.1, 0.15) is 5.56 Å². The molecule has 0 N–H and O–H groups in total. The number of nitrogens with zero attached hydrogens (tertiary/aromatic N) is 3. The van der Waals surface area contributed by atoms with Gasteiger partial charge in [0.15, 0.2) is 12.4 Å². The molecule has 1 unspecified atom stereocenters. The summed E-state index contributed by atoms with van der Waals surface area (Å²) in [6.07, 6.45) is 4.80. The lowest BCUT2D eigenvalue weighted by molar-refractivity contribution is -1.02. The van der Waals surface area contributed by atoms with Gasteiger partial charge in [0.25, 0.3) is 0 Å². The first-order valence-electron chi connectivity index (χ1n) is 20.5. The molecular weight excluding hydrogens is 703 g/mol. The monoisotopic (exact) mass is 742 g/mol. The van der Waals surface area contributed by atoms with Gasteiger partial charge in [-0.25, -0.2) is 0 Å². The van der Waals surface area contributed by atoms with E-state index in [1.54, 1.807) is 0 Å². The van der Waals surface area contributed by atoms with Crippen LogP contribution in [0, 0.1) is 20.8 Å². The number of rotatable bonds is 2. The second-order valence-electron chi connectivity index (χ2n) is 17.0. The first-order chi connectivity index (χ1) is 28.4. The highest BCUT2D eigenvalue weighted by atomic mass is 15.4. The molecule has 6 heterocycles. The Balaban J connectivity index is 1.31. The van der Waals surface area contributed by atoms with Gasteiger partial charge in [-0.15, -0.1) is 9.13 Å². The zero-order valence-corrected chi connectivity index (χ0v) is 33.0. The van der Waals surface area contributed by atoms with Gasteiger partial charge in [0.05, 0.1) is 38.6 Å². The molecule has 3 nitrogen and oxygen atoms in total. The Morgan fingerprint density at radius 1 is 0.431 bits per heavy atom. The van der Waals surface area contributed by atoms with Crippen LogP contribution in [-0.2, 0) is 11.2 Å². The second-order valence-corrected chi connectivity index (χ2v) is 17.0. The molecule has 0 spiro atoms. The van der Waals surface area contributed by atoms with Crippen molar-refractivity contribution in [1.29, 1.82) is 0 Å². The molecule has 3 heteroatoms. The van der Waals surface area contributed by atoms with E-state index in [2.05, 4.69) is 212 Å². The molecule has 0 aliphatic carbocycles. The second kappa shape index (κ2) is 10.9. The van der Waals surface area contributed by atoms with Crippen molar-refractivity contribution in [2.75, 3.05) is 0 Å². The van der Waals surface area contributed by atoms with Gasteiger partial charge in [-0.05, 0) is 100 Å². The van der Waals surface area contributed by atoms with Crippen LogP contribution in [-0.4, -0.2) is 0 Å². The highest BCUT2D eigenvalue weighted by Gasteiger charge is 2.83. The summed E-state index contributed by atoms with van der Waals surface area (Å²) in [5, 5.41) is 10.1. The van der Waals surface area contributed by atoms with Gasteiger partial charge in [-0.2, -0.15) is 4.57 Å². The number of aryl methyl sites for hydroxylation is 3. The summed E-state index contributed by atoms with van der Waals surface area (Å²) < 4.78 is 8.12. The van der Waals surface area contributed by atoms with Gasteiger partial charge >= 0.3 is 11.2 Å². The molecule has 0 radical (unpaired) electrons. The molecule has 0 fully saturated rings. The van der Waals surface area contributed by atoms with E-state index >= 15 is 0 Å². The zero-order valence-electron chi connectivity index (χ0n) is 33.0. The highest BCUT2D eigenvalue weighted by Crippen LogP contribution is 2.59. The Labute approximate surface area is 337 Å². The van der Waals surface area contributed by atoms with Crippen LogP contribution >= 0.6 is 0 Å². The van der Waals surface area contributed by atoms with Gasteiger partial charge in [0, 0.05) is 31.2 Å². The number of hydrogen-bond donors (Lipinski definition) is 0. The van der Waals surface area contributed by atoms with Crippen LogP contribution in [0.3, 0.4) is 0 Å². The van der Waals surface area contributed by atoms with Gasteiger partial charge in [0.2, 0.25) is 22.8 Å². The average Bonchev–Trinajstić information content (AvgIpc) is 3.83. The summed E-state index contributed by atoms with van der Waals surface area (Å²) in [7, 11) is 0. The number of pyridine rings is 3. The third kappa shape index (κ3) is 3.65. The Bertz CT molecular complexity index is 3410. The molecule has 0 bridgehead atoms. The Morgan fingerprint density at radius 2 is 0.879 bits per heavy atom. The average molecular weight is 743 g/mol. The molecule has 10 aromatic rings. The van der Waals surface area contributed by atoms with Crippen molar-refractivity contribution in [3.05, 3.63) is 198 Å². The standard InChI is InChI=1S/C55H40N3/c1-33-29-44-51-45(30-33)53-43-20-12-8-16-39(43)26-28-57(53)55(51,56-27-25-38-15-7-11-19-42(38)52(44)56)54(4)46-24-23-37-14-6-10-18-41(37)50(46)48-32-34(2)31-47(58(48)54)49-35(3)21-22-36-13-5-9-17-40(36)49/h5-32H,1-4H3/q+3. The number of aromatic nitrogens is 3. The first kappa shape index (κ1) is 32.2. The normalized spacial score (nSPS) is 16.5. The Hall–Kier alpha value is -6.97. The van der Waals surface area contributed by atoms with Crippen LogP contribution in [0.25, 0.3) is 88.1 Å². The molecular formula is C55H40N3+3. The van der Waals surface area contributed by atoms with Gasteiger partial charge in [-0.1, -0.05) is 103 Å². The maximum absolute atomic E-state index is 2.77. The molecule has 0 saturated carbocycles. The molecule has 3 aliphatic rings. The van der Waals surface area contributed by atoms with E-state index in [0.717, 1.165) is 0 Å². The third-order valence-corrected chi connectivity index (χ3v) is 14.0. The minimum Gasteiger partial charge on any atom is -0.167 e. The lowest BCUT2D eigenvalue weighted by Crippen LogP contribution is -2.84. The first-order valence-corrected chi connectivity index (χ1v) is 20.5. The SMILES string of the molecule is Cc1cc2c3c(c1)-c1c4ccccc4cc[n+]1C3(C1(C)c3ccc4ccccc4c3-c3cc(C)cc(-c4c(C)ccc5ccccc45)[n+]31)[n+]1ccc3ccccc3c1-2. The van der Waals surface area contributed by atoms with E-state index in [4.69, 9.17) is 0 Å². The van der Waals surface area contributed by atoms with Crippen molar-refractivity contribution in [3.63, 3.8) is 0 Å². The number of benzene rings is 7. The quantitative estimate of drug-likeness (QED) is 0.156. The van der Waals surface area contributed by atoms with E-state index < -0.39 is 11.2 Å². The maximum Gasteiger partial charge on any atom is 0.459 e. The minimum atomic E-state index is -0.750. The molecule has 0 saturated heterocycles.